The maximum absolute atomic E-state index is 12.3. The van der Waals surface area contributed by atoms with Gasteiger partial charge in [-0.3, -0.25) is 4.79 Å². The van der Waals surface area contributed by atoms with Crippen LogP contribution < -0.4 is 10.0 Å². The Balaban J connectivity index is 1.67. The number of nitrogens with one attached hydrogen (secondary N) is 2. The largest absolute Gasteiger partial charge is 0.402 e. The number of alkyl halides is 3. The molecule has 0 saturated carbocycles. The number of aryl methyl sites for hydroxylation is 1. The minimum Gasteiger partial charge on any atom is -0.323 e. The first-order chi connectivity index (χ1) is 15.5. The lowest BCUT2D eigenvalue weighted by atomic mass is 10.2. The van der Waals surface area contributed by atoms with Crippen LogP contribution in [0.5, 0.6) is 0 Å². The van der Waals surface area contributed by atoms with Crippen molar-refractivity contribution in [2.24, 2.45) is 0 Å². The van der Waals surface area contributed by atoms with Crippen molar-refractivity contribution in [2.45, 2.75) is 24.9 Å². The van der Waals surface area contributed by atoms with Crippen molar-refractivity contribution in [2.75, 3.05) is 11.9 Å². The van der Waals surface area contributed by atoms with Crippen LogP contribution >= 0.6 is 0 Å². The number of hydrogen-bond donors (Lipinski definition) is 2. The highest BCUT2D eigenvalue weighted by Gasteiger charge is 2.30. The summed E-state index contributed by atoms with van der Waals surface area (Å²) >= 11 is 0. The first kappa shape index (κ1) is 24.2. The Kier molecular flexibility index (Phi) is 7.04. The first-order valence-electron chi connectivity index (χ1n) is 9.73. The summed E-state index contributed by atoms with van der Waals surface area (Å²) < 4.78 is 63.9. The van der Waals surface area contributed by atoms with Crippen molar-refractivity contribution in [3.63, 3.8) is 0 Å². The van der Waals surface area contributed by atoms with Gasteiger partial charge in [0.05, 0.1) is 16.3 Å². The molecular formula is C22H21F3N4O3S. The highest BCUT2D eigenvalue weighted by Crippen LogP contribution is 2.20. The lowest BCUT2D eigenvalue weighted by molar-refractivity contribution is -0.121. The minimum absolute atomic E-state index is 0.285. The number of anilines is 1. The third kappa shape index (κ3) is 6.30. The van der Waals surface area contributed by atoms with Crippen molar-refractivity contribution in [3.05, 3.63) is 77.6 Å². The van der Waals surface area contributed by atoms with Gasteiger partial charge in [-0.15, -0.1) is 0 Å². The molecule has 2 aromatic carbocycles. The second kappa shape index (κ2) is 9.59. The zero-order valence-electron chi connectivity index (χ0n) is 17.7. The van der Waals surface area contributed by atoms with E-state index in [1.807, 2.05) is 44.2 Å². The van der Waals surface area contributed by atoms with Crippen molar-refractivity contribution in [1.29, 1.82) is 0 Å². The molecular weight excluding hydrogens is 457 g/mol. The smallest absolute Gasteiger partial charge is 0.323 e. The van der Waals surface area contributed by atoms with E-state index in [-0.39, 0.29) is 10.6 Å². The molecule has 1 heterocycles. The molecule has 174 valence electrons. The Hall–Kier alpha value is -3.44. The van der Waals surface area contributed by atoms with Crippen LogP contribution in [0.25, 0.3) is 11.8 Å². The molecule has 0 bridgehead atoms. The first-order valence-corrected chi connectivity index (χ1v) is 11.2. The summed E-state index contributed by atoms with van der Waals surface area (Å²) in [6, 6.07) is 14.3. The molecule has 0 aliphatic carbocycles. The van der Waals surface area contributed by atoms with E-state index in [1.165, 1.54) is 22.9 Å². The Morgan fingerprint density at radius 3 is 2.30 bits per heavy atom. The Morgan fingerprint density at radius 2 is 1.70 bits per heavy atom. The number of nitrogens with zero attached hydrogens (tertiary/aromatic N) is 2. The van der Waals surface area contributed by atoms with Crippen LogP contribution in [0.15, 0.2) is 65.6 Å². The summed E-state index contributed by atoms with van der Waals surface area (Å²) in [6.45, 7) is 2.05. The monoisotopic (exact) mass is 478 g/mol. The summed E-state index contributed by atoms with van der Waals surface area (Å²) in [4.78, 5) is 12.0. The highest BCUT2D eigenvalue weighted by atomic mass is 32.2. The summed E-state index contributed by atoms with van der Waals surface area (Å²) in [7, 11) is -4.32. The van der Waals surface area contributed by atoms with Gasteiger partial charge in [-0.05, 0) is 56.3 Å². The number of hydrogen-bond acceptors (Lipinski definition) is 4. The fraction of sp³-hybridized carbons (Fsp3) is 0.182. The fourth-order valence-electron chi connectivity index (χ4n) is 3.04. The van der Waals surface area contributed by atoms with Crippen molar-refractivity contribution < 1.29 is 26.4 Å². The van der Waals surface area contributed by atoms with Crippen LogP contribution in [-0.2, 0) is 14.8 Å². The van der Waals surface area contributed by atoms with Gasteiger partial charge in [0.25, 0.3) is 0 Å². The second-order valence-corrected chi connectivity index (χ2v) is 8.89. The molecule has 0 unspecified atom stereocenters. The summed E-state index contributed by atoms with van der Waals surface area (Å²) in [5.41, 5.74) is 3.55. The van der Waals surface area contributed by atoms with Crippen LogP contribution in [0.3, 0.4) is 0 Å². The van der Waals surface area contributed by atoms with Gasteiger partial charge >= 0.3 is 6.18 Å². The predicted molar refractivity (Wildman–Crippen MR) is 118 cm³/mol. The van der Waals surface area contributed by atoms with Gasteiger partial charge in [0.15, 0.2) is 0 Å². The summed E-state index contributed by atoms with van der Waals surface area (Å²) in [5.74, 6) is -0.466. The van der Waals surface area contributed by atoms with Crippen LogP contribution in [0.4, 0.5) is 18.9 Å². The maximum atomic E-state index is 12.3. The van der Waals surface area contributed by atoms with Gasteiger partial charge < -0.3 is 5.32 Å². The SMILES string of the molecule is Cc1nn(-c2ccccc2)c(C)c1/C=C/C(=O)Nc1ccc(S(=O)(=O)NCC(F)(F)F)cc1. The van der Waals surface area contributed by atoms with E-state index in [4.69, 9.17) is 0 Å². The fourth-order valence-corrected chi connectivity index (χ4v) is 4.05. The number of amides is 1. The Morgan fingerprint density at radius 1 is 1.06 bits per heavy atom. The number of halogens is 3. The zero-order chi connectivity index (χ0) is 24.2. The molecule has 0 aliphatic rings. The molecule has 1 amide bonds. The molecule has 33 heavy (non-hydrogen) atoms. The molecule has 3 aromatic rings. The molecule has 2 N–H and O–H groups in total. The molecule has 0 fully saturated rings. The standard InChI is InChI=1S/C22H21F3N4O3S/c1-15-20(16(2)29(28-15)18-6-4-3-5-7-18)12-13-21(30)27-17-8-10-19(11-9-17)33(31,32)26-14-22(23,24)25/h3-13,26H,14H2,1-2H3,(H,27,30)/b13-12+. The maximum Gasteiger partial charge on any atom is 0.402 e. The Labute approximate surface area is 189 Å². The van der Waals surface area contributed by atoms with Gasteiger partial charge in [0, 0.05) is 23.0 Å². The van der Waals surface area contributed by atoms with E-state index in [0.29, 0.717) is 0 Å². The third-order valence-corrected chi connectivity index (χ3v) is 6.06. The quantitative estimate of drug-likeness (QED) is 0.503. The molecule has 11 heteroatoms. The van der Waals surface area contributed by atoms with Crippen molar-refractivity contribution in [1.82, 2.24) is 14.5 Å². The number of rotatable bonds is 7. The number of sulfonamides is 1. The third-order valence-electron chi connectivity index (χ3n) is 4.64. The van der Waals surface area contributed by atoms with Gasteiger partial charge in [0.2, 0.25) is 15.9 Å². The van der Waals surface area contributed by atoms with Gasteiger partial charge in [-0.2, -0.15) is 18.3 Å². The average Bonchev–Trinajstić information content (AvgIpc) is 3.05. The summed E-state index contributed by atoms with van der Waals surface area (Å²) in [6.07, 6.45) is -1.71. The molecule has 3 rings (SSSR count). The average molecular weight is 478 g/mol. The molecule has 1 aromatic heterocycles. The van der Waals surface area contributed by atoms with Crippen molar-refractivity contribution >= 4 is 27.7 Å². The van der Waals surface area contributed by atoms with E-state index in [2.05, 4.69) is 10.4 Å². The van der Waals surface area contributed by atoms with E-state index in [0.717, 1.165) is 34.8 Å². The van der Waals surface area contributed by atoms with Crippen LogP contribution in [0.2, 0.25) is 0 Å². The minimum atomic E-state index is -4.67. The lowest BCUT2D eigenvalue weighted by Crippen LogP contribution is -2.33. The van der Waals surface area contributed by atoms with Crippen molar-refractivity contribution in [3.8, 4) is 5.69 Å². The number of aromatic nitrogens is 2. The van der Waals surface area contributed by atoms with Crippen LogP contribution in [-0.4, -0.2) is 36.8 Å². The predicted octanol–water partition coefficient (Wildman–Crippen LogP) is 3.98. The van der Waals surface area contributed by atoms with Gasteiger partial charge in [-0.1, -0.05) is 18.2 Å². The molecule has 0 aliphatic heterocycles. The number of carbonyl (C=O) groups is 1. The second-order valence-electron chi connectivity index (χ2n) is 7.12. The van der Waals surface area contributed by atoms with E-state index in [9.17, 15) is 26.4 Å². The van der Waals surface area contributed by atoms with E-state index in [1.54, 1.807) is 10.8 Å². The normalized spacial score (nSPS) is 12.3. The van der Waals surface area contributed by atoms with E-state index < -0.39 is 28.7 Å². The molecule has 0 spiro atoms. The Bertz CT molecular complexity index is 1270. The number of carbonyl (C=O) groups excluding carboxylic acids is 1. The molecule has 0 radical (unpaired) electrons. The lowest BCUT2D eigenvalue weighted by Gasteiger charge is -2.10. The number of benzene rings is 2. The molecule has 0 atom stereocenters. The van der Waals surface area contributed by atoms with Gasteiger partial charge in [0.1, 0.15) is 6.54 Å². The highest BCUT2D eigenvalue weighted by molar-refractivity contribution is 7.89. The molecule has 0 saturated heterocycles. The van der Waals surface area contributed by atoms with Crippen LogP contribution in [0, 0.1) is 13.8 Å². The molecule has 7 nitrogen and oxygen atoms in total. The van der Waals surface area contributed by atoms with E-state index >= 15 is 0 Å². The zero-order valence-corrected chi connectivity index (χ0v) is 18.5. The summed E-state index contributed by atoms with van der Waals surface area (Å²) in [5, 5.41) is 7.08. The topological polar surface area (TPSA) is 93.1 Å². The van der Waals surface area contributed by atoms with Crippen LogP contribution in [0.1, 0.15) is 17.0 Å². The van der Waals surface area contributed by atoms with Gasteiger partial charge in [-0.25, -0.2) is 17.8 Å². The number of para-hydroxylation sites is 1.